The summed E-state index contributed by atoms with van der Waals surface area (Å²) in [6, 6.07) is 19.9. The fourth-order valence-electron chi connectivity index (χ4n) is 3.35. The molecule has 4 aromatic rings. The zero-order valence-electron chi connectivity index (χ0n) is 15.6. The zero-order valence-corrected chi connectivity index (χ0v) is 16.4. The van der Waals surface area contributed by atoms with Crippen LogP contribution in [0.3, 0.4) is 0 Å². The molecule has 6 heteroatoms. The molecule has 1 fully saturated rings. The monoisotopic (exact) mass is 388 g/mol. The first-order chi connectivity index (χ1) is 13.7. The van der Waals surface area contributed by atoms with Gasteiger partial charge in [0.25, 0.3) is 5.91 Å². The number of thiazole rings is 1. The van der Waals surface area contributed by atoms with Crippen molar-refractivity contribution < 1.29 is 4.79 Å². The van der Waals surface area contributed by atoms with Gasteiger partial charge in [-0.3, -0.25) is 4.79 Å². The molecule has 2 heterocycles. The third-order valence-electron chi connectivity index (χ3n) is 5.00. The van der Waals surface area contributed by atoms with E-state index in [1.807, 2.05) is 61.6 Å². The number of carbonyl (C=O) groups is 1. The minimum atomic E-state index is -0.0393. The van der Waals surface area contributed by atoms with Gasteiger partial charge in [0, 0.05) is 13.0 Å². The van der Waals surface area contributed by atoms with Gasteiger partial charge in [-0.2, -0.15) is 5.10 Å². The first-order valence-corrected chi connectivity index (χ1v) is 10.3. The van der Waals surface area contributed by atoms with Crippen LogP contribution in [-0.2, 0) is 6.54 Å². The number of rotatable bonds is 5. The first-order valence-electron chi connectivity index (χ1n) is 9.44. The van der Waals surface area contributed by atoms with E-state index in [0.717, 1.165) is 39.4 Å². The molecular formula is C22H20N4OS. The summed E-state index contributed by atoms with van der Waals surface area (Å²) < 4.78 is 2.92. The minimum Gasteiger partial charge on any atom is -0.334 e. The van der Waals surface area contributed by atoms with E-state index in [9.17, 15) is 4.79 Å². The summed E-state index contributed by atoms with van der Waals surface area (Å²) in [4.78, 5) is 19.6. The number of hydrogen-bond donors (Lipinski definition) is 0. The Balaban J connectivity index is 1.45. The smallest absolute Gasteiger partial charge is 0.272 e. The lowest BCUT2D eigenvalue weighted by molar-refractivity contribution is 0.0776. The molecular weight excluding hydrogens is 368 g/mol. The standard InChI is InChI=1S/C22H20N4OS/c1-25(14-21-23-17-9-5-6-10-20(17)28-21)22(27)19-13-18(15-11-12-15)24-26(19)16-7-3-2-4-8-16/h2-10,13,15H,11-12,14H2,1H3. The van der Waals surface area contributed by atoms with Crippen molar-refractivity contribution in [1.29, 1.82) is 0 Å². The first kappa shape index (κ1) is 17.1. The number of nitrogens with zero attached hydrogens (tertiary/aromatic N) is 4. The quantitative estimate of drug-likeness (QED) is 0.501. The maximum Gasteiger partial charge on any atom is 0.272 e. The summed E-state index contributed by atoms with van der Waals surface area (Å²) in [7, 11) is 1.83. The Morgan fingerprint density at radius 1 is 1.14 bits per heavy atom. The summed E-state index contributed by atoms with van der Waals surface area (Å²) >= 11 is 1.63. The van der Waals surface area contributed by atoms with E-state index >= 15 is 0 Å². The second-order valence-electron chi connectivity index (χ2n) is 7.21. The van der Waals surface area contributed by atoms with E-state index in [2.05, 4.69) is 11.1 Å². The van der Waals surface area contributed by atoms with Crippen LogP contribution in [-0.4, -0.2) is 32.6 Å². The molecule has 1 saturated carbocycles. The molecule has 0 radical (unpaired) electrons. The molecule has 0 aliphatic heterocycles. The van der Waals surface area contributed by atoms with Crippen LogP contribution in [0, 0.1) is 0 Å². The number of hydrogen-bond acceptors (Lipinski definition) is 4. The Morgan fingerprint density at radius 2 is 1.89 bits per heavy atom. The summed E-state index contributed by atoms with van der Waals surface area (Å²) in [6.45, 7) is 0.483. The van der Waals surface area contributed by atoms with Gasteiger partial charge in [0.05, 0.1) is 28.1 Å². The maximum absolute atomic E-state index is 13.3. The molecule has 2 aromatic heterocycles. The number of benzene rings is 2. The molecule has 140 valence electrons. The van der Waals surface area contributed by atoms with Gasteiger partial charge in [0.15, 0.2) is 0 Å². The average Bonchev–Trinajstić information content (AvgIpc) is 3.34. The molecule has 1 amide bonds. The largest absolute Gasteiger partial charge is 0.334 e. The van der Waals surface area contributed by atoms with Crippen LogP contribution in [0.1, 0.15) is 39.9 Å². The topological polar surface area (TPSA) is 51.0 Å². The van der Waals surface area contributed by atoms with Gasteiger partial charge < -0.3 is 4.90 Å². The molecule has 1 aliphatic carbocycles. The zero-order chi connectivity index (χ0) is 19.1. The summed E-state index contributed by atoms with van der Waals surface area (Å²) in [5, 5.41) is 5.68. The number of para-hydroxylation sites is 2. The number of fused-ring (bicyclic) bond motifs is 1. The van der Waals surface area contributed by atoms with Crippen molar-refractivity contribution in [3.8, 4) is 5.69 Å². The SMILES string of the molecule is CN(Cc1nc2ccccc2s1)C(=O)c1cc(C2CC2)nn1-c1ccccc1. The van der Waals surface area contributed by atoms with Gasteiger partial charge in [-0.05, 0) is 43.2 Å². The second-order valence-corrected chi connectivity index (χ2v) is 8.33. The predicted molar refractivity (Wildman–Crippen MR) is 111 cm³/mol. The Bertz CT molecular complexity index is 1110. The van der Waals surface area contributed by atoms with Crippen molar-refractivity contribution in [3.05, 3.63) is 77.1 Å². The van der Waals surface area contributed by atoms with Crippen LogP contribution < -0.4 is 0 Å². The Morgan fingerprint density at radius 3 is 2.64 bits per heavy atom. The van der Waals surface area contributed by atoms with Gasteiger partial charge in [0.2, 0.25) is 0 Å². The highest BCUT2D eigenvalue weighted by molar-refractivity contribution is 7.18. The molecule has 0 saturated heterocycles. The van der Waals surface area contributed by atoms with E-state index in [1.165, 1.54) is 0 Å². The summed E-state index contributed by atoms with van der Waals surface area (Å²) in [5.41, 5.74) is 3.51. The predicted octanol–water partition coefficient (Wildman–Crippen LogP) is 4.63. The van der Waals surface area contributed by atoms with Crippen LogP contribution in [0.2, 0.25) is 0 Å². The van der Waals surface area contributed by atoms with E-state index in [4.69, 9.17) is 5.10 Å². The lowest BCUT2D eigenvalue weighted by atomic mass is 10.2. The normalized spacial score (nSPS) is 13.8. The molecule has 0 unspecified atom stereocenters. The minimum absolute atomic E-state index is 0.0393. The fraction of sp³-hybridized carbons (Fsp3) is 0.227. The number of amides is 1. The molecule has 1 aliphatic rings. The highest BCUT2D eigenvalue weighted by Gasteiger charge is 2.30. The molecule has 0 spiro atoms. The lowest BCUT2D eigenvalue weighted by Gasteiger charge is -2.16. The third kappa shape index (κ3) is 3.20. The van der Waals surface area contributed by atoms with Gasteiger partial charge in [-0.15, -0.1) is 11.3 Å². The molecule has 5 nitrogen and oxygen atoms in total. The third-order valence-corrected chi connectivity index (χ3v) is 6.02. The van der Waals surface area contributed by atoms with Crippen molar-refractivity contribution in [2.24, 2.45) is 0 Å². The summed E-state index contributed by atoms with van der Waals surface area (Å²) in [6.07, 6.45) is 2.31. The van der Waals surface area contributed by atoms with Gasteiger partial charge in [-0.1, -0.05) is 30.3 Å². The molecule has 2 aromatic carbocycles. The lowest BCUT2D eigenvalue weighted by Crippen LogP contribution is -2.28. The molecule has 0 bridgehead atoms. The van der Waals surface area contributed by atoms with Gasteiger partial charge in [0.1, 0.15) is 10.7 Å². The van der Waals surface area contributed by atoms with E-state index in [1.54, 1.807) is 20.9 Å². The molecule has 5 rings (SSSR count). The van der Waals surface area contributed by atoms with Crippen molar-refractivity contribution in [2.45, 2.75) is 25.3 Å². The Labute approximate surface area is 167 Å². The van der Waals surface area contributed by atoms with E-state index in [-0.39, 0.29) is 5.91 Å². The number of aromatic nitrogens is 3. The number of carbonyl (C=O) groups excluding carboxylic acids is 1. The highest BCUT2D eigenvalue weighted by Crippen LogP contribution is 2.40. The van der Waals surface area contributed by atoms with Crippen LogP contribution in [0.15, 0.2) is 60.7 Å². The molecule has 28 heavy (non-hydrogen) atoms. The fourth-order valence-corrected chi connectivity index (χ4v) is 4.38. The highest BCUT2D eigenvalue weighted by atomic mass is 32.1. The van der Waals surface area contributed by atoms with Gasteiger partial charge >= 0.3 is 0 Å². The van der Waals surface area contributed by atoms with Crippen molar-refractivity contribution in [1.82, 2.24) is 19.7 Å². The Hall–Kier alpha value is -2.99. The second kappa shape index (κ2) is 6.87. The average molecular weight is 388 g/mol. The van der Waals surface area contributed by atoms with Crippen molar-refractivity contribution in [2.75, 3.05) is 7.05 Å². The van der Waals surface area contributed by atoms with Crippen molar-refractivity contribution in [3.63, 3.8) is 0 Å². The van der Waals surface area contributed by atoms with Gasteiger partial charge in [-0.25, -0.2) is 9.67 Å². The van der Waals surface area contributed by atoms with Crippen molar-refractivity contribution >= 4 is 27.5 Å². The molecule has 0 atom stereocenters. The van der Waals surface area contributed by atoms with E-state index in [0.29, 0.717) is 18.2 Å². The van der Waals surface area contributed by atoms with Crippen LogP contribution in [0.5, 0.6) is 0 Å². The van der Waals surface area contributed by atoms with E-state index < -0.39 is 0 Å². The summed E-state index contributed by atoms with van der Waals surface area (Å²) in [5.74, 6) is 0.452. The van der Waals surface area contributed by atoms with Crippen LogP contribution in [0.25, 0.3) is 15.9 Å². The molecule has 0 N–H and O–H groups in total. The maximum atomic E-state index is 13.3. The van der Waals surface area contributed by atoms with Crippen LogP contribution in [0.4, 0.5) is 0 Å². The van der Waals surface area contributed by atoms with Crippen LogP contribution >= 0.6 is 11.3 Å². The Kier molecular flexibility index (Phi) is 4.20.